The van der Waals surface area contributed by atoms with Gasteiger partial charge in [-0.15, -0.1) is 0 Å². The van der Waals surface area contributed by atoms with Crippen LogP contribution in [0.1, 0.15) is 16.7 Å². The molecule has 0 bridgehead atoms. The fraction of sp³-hybridized carbons (Fsp3) is 0.333. The van der Waals surface area contributed by atoms with Crippen LogP contribution < -0.4 is 10.2 Å². The molecule has 152 valence electrons. The van der Waals surface area contributed by atoms with Gasteiger partial charge in [0.15, 0.2) is 6.54 Å². The molecule has 8 heteroatoms. The highest BCUT2D eigenvalue weighted by Gasteiger charge is 2.32. The van der Waals surface area contributed by atoms with E-state index in [1.165, 1.54) is 4.31 Å². The highest BCUT2D eigenvalue weighted by atomic mass is 32.2. The SMILES string of the molecule is Cc1ccc(C)c(S(=O)(=O)N2CC[NH+](CC(=O)Nc3cccc(C#N)c3)CC2)c1. The zero-order valence-electron chi connectivity index (χ0n) is 16.6. The van der Waals surface area contributed by atoms with Gasteiger partial charge in [0.2, 0.25) is 10.0 Å². The molecular weight excluding hydrogens is 388 g/mol. The van der Waals surface area contributed by atoms with Crippen LogP contribution in [0.2, 0.25) is 0 Å². The lowest BCUT2D eigenvalue weighted by Crippen LogP contribution is -3.15. The fourth-order valence-electron chi connectivity index (χ4n) is 3.44. The molecule has 0 aromatic heterocycles. The van der Waals surface area contributed by atoms with Gasteiger partial charge in [0.05, 0.1) is 42.7 Å². The fourth-order valence-corrected chi connectivity index (χ4v) is 5.19. The first-order valence-electron chi connectivity index (χ1n) is 9.50. The molecule has 29 heavy (non-hydrogen) atoms. The summed E-state index contributed by atoms with van der Waals surface area (Å²) in [6.07, 6.45) is 0. The number of quaternary nitrogens is 1. The van der Waals surface area contributed by atoms with Crippen LogP contribution in [0.15, 0.2) is 47.4 Å². The van der Waals surface area contributed by atoms with Crippen molar-refractivity contribution in [1.29, 1.82) is 5.26 Å². The van der Waals surface area contributed by atoms with Gasteiger partial charge in [0.25, 0.3) is 5.91 Å². The third kappa shape index (κ3) is 5.01. The molecule has 0 aliphatic carbocycles. The van der Waals surface area contributed by atoms with Gasteiger partial charge in [-0.1, -0.05) is 18.2 Å². The maximum atomic E-state index is 13.0. The van der Waals surface area contributed by atoms with Gasteiger partial charge in [-0.05, 0) is 49.2 Å². The van der Waals surface area contributed by atoms with E-state index >= 15 is 0 Å². The predicted molar refractivity (Wildman–Crippen MR) is 110 cm³/mol. The number of hydrogen-bond acceptors (Lipinski definition) is 4. The summed E-state index contributed by atoms with van der Waals surface area (Å²) in [6.45, 7) is 5.83. The number of hydrogen-bond donors (Lipinski definition) is 2. The average Bonchev–Trinajstić information content (AvgIpc) is 2.70. The normalized spacial score (nSPS) is 15.6. The van der Waals surface area contributed by atoms with E-state index in [9.17, 15) is 13.2 Å². The first-order chi connectivity index (χ1) is 13.8. The summed E-state index contributed by atoms with van der Waals surface area (Å²) in [7, 11) is -3.53. The molecule has 1 saturated heterocycles. The summed E-state index contributed by atoms with van der Waals surface area (Å²) < 4.78 is 27.5. The molecule has 2 aromatic carbocycles. The second-order valence-electron chi connectivity index (χ2n) is 7.34. The quantitative estimate of drug-likeness (QED) is 0.755. The summed E-state index contributed by atoms with van der Waals surface area (Å²) in [5, 5.41) is 11.7. The molecule has 3 rings (SSSR count). The monoisotopic (exact) mass is 413 g/mol. The van der Waals surface area contributed by atoms with E-state index in [0.29, 0.717) is 42.3 Å². The van der Waals surface area contributed by atoms with Gasteiger partial charge in [-0.3, -0.25) is 4.79 Å². The van der Waals surface area contributed by atoms with Crippen LogP contribution in [0.4, 0.5) is 5.69 Å². The Labute approximate surface area is 171 Å². The molecule has 2 aromatic rings. The van der Waals surface area contributed by atoms with Crippen LogP contribution in [-0.4, -0.2) is 51.4 Å². The second kappa shape index (κ2) is 8.74. The second-order valence-corrected chi connectivity index (χ2v) is 9.25. The van der Waals surface area contributed by atoms with Crippen molar-refractivity contribution in [3.05, 3.63) is 59.2 Å². The molecule has 0 unspecified atom stereocenters. The Kier molecular flexibility index (Phi) is 6.33. The first-order valence-corrected chi connectivity index (χ1v) is 10.9. The summed E-state index contributed by atoms with van der Waals surface area (Å²) in [5.41, 5.74) is 2.73. The number of nitrogens with zero attached hydrogens (tertiary/aromatic N) is 2. The average molecular weight is 414 g/mol. The molecule has 0 spiro atoms. The minimum atomic E-state index is -3.53. The van der Waals surface area contributed by atoms with Gasteiger partial charge < -0.3 is 10.2 Å². The smallest absolute Gasteiger partial charge is 0.279 e. The summed E-state index contributed by atoms with van der Waals surface area (Å²) in [5.74, 6) is -0.152. The Hall–Kier alpha value is -2.73. The van der Waals surface area contributed by atoms with Crippen molar-refractivity contribution in [2.75, 3.05) is 38.0 Å². The van der Waals surface area contributed by atoms with Gasteiger partial charge in [0, 0.05) is 5.69 Å². The van der Waals surface area contributed by atoms with E-state index in [1.54, 1.807) is 37.3 Å². The number of nitriles is 1. The third-order valence-corrected chi connectivity index (χ3v) is 7.12. The Balaban J connectivity index is 1.58. The number of rotatable bonds is 5. The van der Waals surface area contributed by atoms with Crippen molar-refractivity contribution < 1.29 is 18.1 Å². The molecule has 1 amide bonds. The standard InChI is InChI=1S/C21H24N4O3S/c1-16-6-7-17(2)20(12-16)29(27,28)25-10-8-24(9-11-25)15-21(26)23-19-5-3-4-18(13-19)14-22/h3-7,12-13H,8-11,15H2,1-2H3,(H,23,26)/p+1. The Morgan fingerprint density at radius 2 is 1.90 bits per heavy atom. The number of benzene rings is 2. The molecule has 0 saturated carbocycles. The highest BCUT2D eigenvalue weighted by Crippen LogP contribution is 2.21. The van der Waals surface area contributed by atoms with E-state index in [-0.39, 0.29) is 12.5 Å². The number of nitrogens with one attached hydrogen (secondary N) is 2. The lowest BCUT2D eigenvalue weighted by Gasteiger charge is -2.31. The van der Waals surface area contributed by atoms with Gasteiger partial charge in [-0.25, -0.2) is 8.42 Å². The number of anilines is 1. The van der Waals surface area contributed by atoms with Crippen LogP contribution in [0.25, 0.3) is 0 Å². The van der Waals surface area contributed by atoms with Crippen LogP contribution >= 0.6 is 0 Å². The van der Waals surface area contributed by atoms with Gasteiger partial charge >= 0.3 is 0 Å². The van der Waals surface area contributed by atoms with Crippen molar-refractivity contribution in [3.8, 4) is 6.07 Å². The molecule has 7 nitrogen and oxygen atoms in total. The lowest BCUT2D eigenvalue weighted by molar-refractivity contribution is -0.895. The van der Waals surface area contributed by atoms with E-state index in [2.05, 4.69) is 5.32 Å². The van der Waals surface area contributed by atoms with Crippen molar-refractivity contribution in [2.24, 2.45) is 0 Å². The molecule has 1 fully saturated rings. The third-order valence-electron chi connectivity index (χ3n) is 5.08. The lowest BCUT2D eigenvalue weighted by atomic mass is 10.2. The van der Waals surface area contributed by atoms with E-state index in [1.807, 2.05) is 25.1 Å². The number of aryl methyl sites for hydroxylation is 2. The summed E-state index contributed by atoms with van der Waals surface area (Å²) in [4.78, 5) is 13.7. The molecule has 0 radical (unpaired) electrons. The van der Waals surface area contributed by atoms with Crippen molar-refractivity contribution in [3.63, 3.8) is 0 Å². The molecule has 1 aliphatic rings. The molecule has 0 atom stereocenters. The predicted octanol–water partition coefficient (Wildman–Crippen LogP) is 0.703. The Morgan fingerprint density at radius 1 is 1.17 bits per heavy atom. The minimum absolute atomic E-state index is 0.152. The van der Waals surface area contributed by atoms with Crippen molar-refractivity contribution in [1.82, 2.24) is 4.31 Å². The van der Waals surface area contributed by atoms with Crippen LogP contribution in [0.3, 0.4) is 0 Å². The molecule has 1 aliphatic heterocycles. The summed E-state index contributed by atoms with van der Waals surface area (Å²) >= 11 is 0. The number of carbonyl (C=O) groups is 1. The van der Waals surface area contributed by atoms with Crippen LogP contribution in [-0.2, 0) is 14.8 Å². The van der Waals surface area contributed by atoms with Crippen LogP contribution in [0.5, 0.6) is 0 Å². The number of sulfonamides is 1. The Bertz CT molecular complexity index is 1050. The zero-order chi connectivity index (χ0) is 21.0. The van der Waals surface area contributed by atoms with E-state index in [0.717, 1.165) is 16.0 Å². The number of piperazine rings is 1. The maximum Gasteiger partial charge on any atom is 0.279 e. The molecular formula is C21H25N4O3S+. The first kappa shape index (κ1) is 21.0. The number of amides is 1. The number of carbonyl (C=O) groups excluding carboxylic acids is 1. The molecule has 2 N–H and O–H groups in total. The minimum Gasteiger partial charge on any atom is -0.325 e. The topological polar surface area (TPSA) is 94.7 Å². The maximum absolute atomic E-state index is 13.0. The largest absolute Gasteiger partial charge is 0.325 e. The van der Waals surface area contributed by atoms with Crippen molar-refractivity contribution >= 4 is 21.6 Å². The highest BCUT2D eigenvalue weighted by molar-refractivity contribution is 7.89. The summed E-state index contributed by atoms with van der Waals surface area (Å²) in [6, 6.07) is 14.3. The van der Waals surface area contributed by atoms with Crippen molar-refractivity contribution in [2.45, 2.75) is 18.7 Å². The zero-order valence-corrected chi connectivity index (χ0v) is 17.4. The van der Waals surface area contributed by atoms with Gasteiger partial charge in [-0.2, -0.15) is 9.57 Å². The molecule has 1 heterocycles. The Morgan fingerprint density at radius 3 is 2.59 bits per heavy atom. The van der Waals surface area contributed by atoms with E-state index < -0.39 is 10.0 Å². The van der Waals surface area contributed by atoms with E-state index in [4.69, 9.17) is 5.26 Å². The van der Waals surface area contributed by atoms with Crippen LogP contribution in [0, 0.1) is 25.2 Å². The van der Waals surface area contributed by atoms with Gasteiger partial charge in [0.1, 0.15) is 0 Å².